The van der Waals surface area contributed by atoms with Crippen LogP contribution >= 0.6 is 23.2 Å². The van der Waals surface area contributed by atoms with Gasteiger partial charge in [0.15, 0.2) is 0 Å². The van der Waals surface area contributed by atoms with Crippen molar-refractivity contribution in [2.24, 2.45) is 0 Å². The minimum absolute atomic E-state index is 0.176. The Morgan fingerprint density at radius 1 is 1.17 bits per heavy atom. The van der Waals surface area contributed by atoms with E-state index in [0.717, 1.165) is 6.42 Å². The van der Waals surface area contributed by atoms with Crippen LogP contribution in [0.3, 0.4) is 0 Å². The van der Waals surface area contributed by atoms with Gasteiger partial charge in [-0.1, -0.05) is 29.3 Å². The van der Waals surface area contributed by atoms with Gasteiger partial charge in [-0.2, -0.15) is 0 Å². The lowest BCUT2D eigenvalue weighted by molar-refractivity contribution is -0.128. The van der Waals surface area contributed by atoms with E-state index in [9.17, 15) is 9.59 Å². The van der Waals surface area contributed by atoms with E-state index in [1.165, 1.54) is 0 Å². The van der Waals surface area contributed by atoms with Crippen LogP contribution in [0, 0.1) is 0 Å². The highest BCUT2D eigenvalue weighted by Crippen LogP contribution is 2.29. The van der Waals surface area contributed by atoms with Crippen LogP contribution in [-0.4, -0.2) is 44.3 Å². The molecule has 0 aliphatic heterocycles. The summed E-state index contributed by atoms with van der Waals surface area (Å²) in [5, 5.41) is 5.85. The maximum absolute atomic E-state index is 11.7. The van der Waals surface area contributed by atoms with Crippen LogP contribution in [0.2, 0.25) is 10.0 Å². The van der Waals surface area contributed by atoms with Crippen molar-refractivity contribution in [1.82, 2.24) is 5.32 Å². The fourth-order valence-electron chi connectivity index (χ4n) is 1.69. The highest BCUT2D eigenvalue weighted by Gasteiger charge is 2.09. The molecule has 0 aliphatic rings. The van der Waals surface area contributed by atoms with Gasteiger partial charge in [-0.15, -0.1) is 0 Å². The lowest BCUT2D eigenvalue weighted by Gasteiger charge is -2.09. The number of hydrogen-bond donors (Lipinski definition) is 2. The number of benzene rings is 1. The van der Waals surface area contributed by atoms with Crippen LogP contribution in [0.15, 0.2) is 18.2 Å². The Labute approximate surface area is 151 Å². The second-order valence-corrected chi connectivity index (χ2v) is 6.05. The van der Waals surface area contributed by atoms with E-state index < -0.39 is 5.91 Å². The number of hydrogen-bond acceptors (Lipinski definition) is 4. The number of anilines is 1. The van der Waals surface area contributed by atoms with Gasteiger partial charge in [0.2, 0.25) is 11.8 Å². The third kappa shape index (κ3) is 8.49. The zero-order chi connectivity index (χ0) is 17.9. The molecule has 1 aromatic carbocycles. The highest BCUT2D eigenvalue weighted by atomic mass is 35.5. The standard InChI is InChI=1S/C16H22Cl2N2O4/c1-11(2)24-8-4-7-19-14(21)9-23-10-15(22)20-13-6-3-5-12(17)16(13)18/h3,5-6,11H,4,7-10H2,1-2H3,(H,19,21)(H,20,22). The van der Waals surface area contributed by atoms with Gasteiger partial charge in [0.05, 0.1) is 21.8 Å². The molecule has 0 saturated carbocycles. The van der Waals surface area contributed by atoms with Crippen molar-refractivity contribution in [1.29, 1.82) is 0 Å². The molecular weight excluding hydrogens is 355 g/mol. The molecule has 134 valence electrons. The molecular formula is C16H22Cl2N2O4. The number of halogens is 2. The molecule has 0 fully saturated rings. The molecule has 0 radical (unpaired) electrons. The topological polar surface area (TPSA) is 76.7 Å². The normalized spacial score (nSPS) is 10.7. The fourth-order valence-corrected chi connectivity index (χ4v) is 2.04. The zero-order valence-corrected chi connectivity index (χ0v) is 15.2. The molecule has 2 N–H and O–H groups in total. The molecule has 6 nitrogen and oxygen atoms in total. The first-order chi connectivity index (χ1) is 11.4. The van der Waals surface area contributed by atoms with Crippen LogP contribution < -0.4 is 10.6 Å². The summed E-state index contributed by atoms with van der Waals surface area (Å²) in [6.07, 6.45) is 0.896. The van der Waals surface area contributed by atoms with E-state index in [1.54, 1.807) is 18.2 Å². The maximum atomic E-state index is 11.7. The summed E-state index contributed by atoms with van der Waals surface area (Å²) >= 11 is 11.8. The summed E-state index contributed by atoms with van der Waals surface area (Å²) in [5.74, 6) is -0.703. The first kappa shape index (κ1) is 20.7. The third-order valence-corrected chi connectivity index (χ3v) is 3.61. The number of carbonyl (C=O) groups excluding carboxylic acids is 2. The molecule has 0 aliphatic carbocycles. The van der Waals surface area contributed by atoms with E-state index in [1.807, 2.05) is 13.8 Å². The van der Waals surface area contributed by atoms with E-state index >= 15 is 0 Å². The molecule has 0 bridgehead atoms. The van der Waals surface area contributed by atoms with Gasteiger partial charge in [-0.3, -0.25) is 9.59 Å². The van der Waals surface area contributed by atoms with Crippen molar-refractivity contribution >= 4 is 40.7 Å². The maximum Gasteiger partial charge on any atom is 0.250 e. The Balaban J connectivity index is 2.16. The summed E-state index contributed by atoms with van der Waals surface area (Å²) in [6.45, 7) is 4.54. The molecule has 8 heteroatoms. The van der Waals surface area contributed by atoms with Crippen LogP contribution in [0.1, 0.15) is 20.3 Å². The Hall–Kier alpha value is -1.34. The minimum atomic E-state index is -0.419. The van der Waals surface area contributed by atoms with Crippen LogP contribution in [0.4, 0.5) is 5.69 Å². The van der Waals surface area contributed by atoms with Crippen molar-refractivity contribution < 1.29 is 19.1 Å². The van der Waals surface area contributed by atoms with Gasteiger partial charge in [-0.25, -0.2) is 0 Å². The summed E-state index contributed by atoms with van der Waals surface area (Å²) in [5.41, 5.74) is 0.396. The molecule has 2 amide bonds. The van der Waals surface area contributed by atoms with Gasteiger partial charge in [0.25, 0.3) is 0 Å². The van der Waals surface area contributed by atoms with Crippen molar-refractivity contribution in [3.05, 3.63) is 28.2 Å². The molecule has 24 heavy (non-hydrogen) atoms. The lowest BCUT2D eigenvalue weighted by Crippen LogP contribution is -2.30. The number of amides is 2. The number of nitrogens with one attached hydrogen (secondary N) is 2. The summed E-state index contributed by atoms with van der Waals surface area (Å²) in [6, 6.07) is 4.91. The Morgan fingerprint density at radius 2 is 1.88 bits per heavy atom. The molecule has 0 aromatic heterocycles. The summed E-state index contributed by atoms with van der Waals surface area (Å²) in [4.78, 5) is 23.3. The van der Waals surface area contributed by atoms with Crippen molar-refractivity contribution in [2.45, 2.75) is 26.4 Å². The number of carbonyl (C=O) groups is 2. The highest BCUT2D eigenvalue weighted by molar-refractivity contribution is 6.43. The average Bonchev–Trinajstić information content (AvgIpc) is 2.51. The predicted molar refractivity (Wildman–Crippen MR) is 94.6 cm³/mol. The number of ether oxygens (including phenoxy) is 2. The second-order valence-electron chi connectivity index (χ2n) is 5.27. The van der Waals surface area contributed by atoms with E-state index in [0.29, 0.717) is 23.9 Å². The first-order valence-electron chi connectivity index (χ1n) is 7.60. The van der Waals surface area contributed by atoms with Crippen LogP contribution in [-0.2, 0) is 19.1 Å². The monoisotopic (exact) mass is 376 g/mol. The predicted octanol–water partition coefficient (Wildman–Crippen LogP) is 2.88. The molecule has 1 rings (SSSR count). The Bertz CT molecular complexity index is 553. The molecule has 0 unspecified atom stereocenters. The fraction of sp³-hybridized carbons (Fsp3) is 0.500. The van der Waals surface area contributed by atoms with Gasteiger partial charge < -0.3 is 20.1 Å². The molecule has 0 saturated heterocycles. The van der Waals surface area contributed by atoms with E-state index in [2.05, 4.69) is 10.6 Å². The van der Waals surface area contributed by atoms with Crippen LogP contribution in [0.25, 0.3) is 0 Å². The minimum Gasteiger partial charge on any atom is -0.379 e. The molecule has 0 heterocycles. The van der Waals surface area contributed by atoms with Gasteiger partial charge in [-0.05, 0) is 32.4 Å². The number of rotatable bonds is 10. The zero-order valence-electron chi connectivity index (χ0n) is 13.7. The van der Waals surface area contributed by atoms with Gasteiger partial charge >= 0.3 is 0 Å². The van der Waals surface area contributed by atoms with E-state index in [-0.39, 0.29) is 30.2 Å². The third-order valence-electron chi connectivity index (χ3n) is 2.79. The average molecular weight is 377 g/mol. The smallest absolute Gasteiger partial charge is 0.250 e. The Morgan fingerprint density at radius 3 is 2.58 bits per heavy atom. The SMILES string of the molecule is CC(C)OCCCNC(=O)COCC(=O)Nc1cccc(Cl)c1Cl. The molecule has 0 atom stereocenters. The van der Waals surface area contributed by atoms with Crippen LogP contribution in [0.5, 0.6) is 0 Å². The first-order valence-corrected chi connectivity index (χ1v) is 8.35. The quantitative estimate of drug-likeness (QED) is 0.615. The lowest BCUT2D eigenvalue weighted by atomic mass is 10.3. The van der Waals surface area contributed by atoms with Crippen molar-refractivity contribution in [2.75, 3.05) is 31.7 Å². The largest absolute Gasteiger partial charge is 0.379 e. The van der Waals surface area contributed by atoms with E-state index in [4.69, 9.17) is 32.7 Å². The molecule has 0 spiro atoms. The second kappa shape index (κ2) is 11.3. The summed E-state index contributed by atoms with van der Waals surface area (Å²) in [7, 11) is 0. The van der Waals surface area contributed by atoms with Gasteiger partial charge in [0.1, 0.15) is 13.2 Å². The van der Waals surface area contributed by atoms with Crippen molar-refractivity contribution in [3.63, 3.8) is 0 Å². The van der Waals surface area contributed by atoms with Crippen molar-refractivity contribution in [3.8, 4) is 0 Å². The Kier molecular flexibility index (Phi) is 9.71. The van der Waals surface area contributed by atoms with Gasteiger partial charge in [0, 0.05) is 13.2 Å². The summed E-state index contributed by atoms with van der Waals surface area (Å²) < 4.78 is 10.4. The molecule has 1 aromatic rings.